The van der Waals surface area contributed by atoms with Crippen molar-refractivity contribution in [1.29, 1.82) is 0 Å². The number of sulfonamides is 1. The van der Waals surface area contributed by atoms with E-state index >= 15 is 0 Å². The number of phenols is 1. The topological polar surface area (TPSA) is 84.2 Å². The number of anilines is 1. The number of aromatic nitrogens is 2. The first-order chi connectivity index (χ1) is 9.83. The lowest BCUT2D eigenvalue weighted by molar-refractivity contribution is 0.471. The highest BCUT2D eigenvalue weighted by atomic mass is 32.2. The third-order valence-corrected chi connectivity index (χ3v) is 4.68. The predicted molar refractivity (Wildman–Crippen MR) is 80.9 cm³/mol. The van der Waals surface area contributed by atoms with E-state index in [0.29, 0.717) is 11.3 Å². The summed E-state index contributed by atoms with van der Waals surface area (Å²) in [4.78, 5) is 3.94. The molecule has 0 bridgehead atoms. The number of nitrogens with one attached hydrogen (secondary N) is 1. The van der Waals surface area contributed by atoms with Gasteiger partial charge in [-0.1, -0.05) is 13.0 Å². The molecule has 7 heteroatoms. The minimum Gasteiger partial charge on any atom is -0.508 e. The maximum Gasteiger partial charge on any atom is 0.280 e. The van der Waals surface area contributed by atoms with E-state index in [1.54, 1.807) is 23.6 Å². The van der Waals surface area contributed by atoms with Gasteiger partial charge < -0.3 is 9.67 Å². The zero-order valence-corrected chi connectivity index (χ0v) is 13.1. The molecule has 1 aromatic heterocycles. The van der Waals surface area contributed by atoms with Crippen molar-refractivity contribution in [3.05, 3.63) is 36.3 Å². The number of hydrogen-bond acceptors (Lipinski definition) is 4. The number of nitrogens with zero attached hydrogens (tertiary/aromatic N) is 2. The Kier molecular flexibility index (Phi) is 4.22. The molecule has 1 aromatic carbocycles. The Balaban J connectivity index is 2.25. The lowest BCUT2D eigenvalue weighted by Gasteiger charge is -2.09. The van der Waals surface area contributed by atoms with E-state index in [4.69, 9.17) is 0 Å². The quantitative estimate of drug-likeness (QED) is 0.889. The molecule has 0 aliphatic rings. The second kappa shape index (κ2) is 5.77. The van der Waals surface area contributed by atoms with Crippen molar-refractivity contribution < 1.29 is 13.5 Å². The van der Waals surface area contributed by atoms with Gasteiger partial charge in [-0.3, -0.25) is 4.72 Å². The van der Waals surface area contributed by atoms with Gasteiger partial charge in [0.25, 0.3) is 10.0 Å². The third-order valence-electron chi connectivity index (χ3n) is 3.41. The van der Waals surface area contributed by atoms with Crippen molar-refractivity contribution in [2.24, 2.45) is 0 Å². The first-order valence-corrected chi connectivity index (χ1v) is 8.17. The highest BCUT2D eigenvalue weighted by molar-refractivity contribution is 7.92. The van der Waals surface area contributed by atoms with Crippen LogP contribution in [0, 0.1) is 6.92 Å². The number of imidazole rings is 1. The fraction of sp³-hybridized carbons (Fsp3) is 0.357. The lowest BCUT2D eigenvalue weighted by atomic mass is 10.2. The molecule has 0 saturated heterocycles. The second-order valence-electron chi connectivity index (χ2n) is 5.02. The molecule has 2 rings (SSSR count). The molecule has 114 valence electrons. The summed E-state index contributed by atoms with van der Waals surface area (Å²) >= 11 is 0. The molecule has 1 atom stereocenters. The van der Waals surface area contributed by atoms with Crippen molar-refractivity contribution in [2.45, 2.75) is 38.3 Å². The van der Waals surface area contributed by atoms with Crippen LogP contribution in [0.4, 0.5) is 5.69 Å². The Bertz CT molecular complexity index is 738. The lowest BCUT2D eigenvalue weighted by Crippen LogP contribution is -2.13. The smallest absolute Gasteiger partial charge is 0.280 e. The number of phenolic OH excluding ortho intramolecular Hbond substituents is 1. The minimum absolute atomic E-state index is 0.0390. The van der Waals surface area contributed by atoms with Gasteiger partial charge in [0.1, 0.15) is 5.75 Å². The summed E-state index contributed by atoms with van der Waals surface area (Å²) in [5.74, 6) is 0.0420. The number of hydrogen-bond donors (Lipinski definition) is 2. The summed E-state index contributed by atoms with van der Waals surface area (Å²) in [5, 5.41) is 9.58. The van der Waals surface area contributed by atoms with Crippen LogP contribution in [0.25, 0.3) is 0 Å². The van der Waals surface area contributed by atoms with E-state index in [1.165, 1.54) is 18.6 Å². The van der Waals surface area contributed by atoms with Gasteiger partial charge in [-0.25, -0.2) is 4.98 Å². The van der Waals surface area contributed by atoms with Crippen molar-refractivity contribution >= 4 is 15.7 Å². The predicted octanol–water partition coefficient (Wildman–Crippen LogP) is 2.67. The average Bonchev–Trinajstić information content (AvgIpc) is 2.92. The molecule has 0 spiro atoms. The summed E-state index contributed by atoms with van der Waals surface area (Å²) < 4.78 is 28.7. The van der Waals surface area contributed by atoms with Gasteiger partial charge in [0.05, 0.1) is 12.0 Å². The normalized spacial score (nSPS) is 13.1. The van der Waals surface area contributed by atoms with E-state index in [2.05, 4.69) is 9.71 Å². The van der Waals surface area contributed by atoms with Crippen LogP contribution < -0.4 is 4.72 Å². The molecule has 0 fully saturated rings. The molecule has 1 unspecified atom stereocenters. The van der Waals surface area contributed by atoms with Crippen LogP contribution in [0.2, 0.25) is 0 Å². The number of rotatable bonds is 5. The first kappa shape index (κ1) is 15.4. The van der Waals surface area contributed by atoms with Gasteiger partial charge >= 0.3 is 0 Å². The van der Waals surface area contributed by atoms with Crippen LogP contribution in [-0.2, 0) is 10.0 Å². The van der Waals surface area contributed by atoms with Crippen LogP contribution in [0.1, 0.15) is 31.9 Å². The average molecular weight is 309 g/mol. The molecular weight excluding hydrogens is 290 g/mol. The maximum atomic E-state index is 12.3. The van der Waals surface area contributed by atoms with Crippen molar-refractivity contribution in [2.75, 3.05) is 4.72 Å². The molecule has 0 aliphatic carbocycles. The molecule has 0 amide bonds. The fourth-order valence-corrected chi connectivity index (χ4v) is 2.78. The van der Waals surface area contributed by atoms with Crippen LogP contribution in [-0.4, -0.2) is 23.1 Å². The van der Waals surface area contributed by atoms with Crippen molar-refractivity contribution in [1.82, 2.24) is 9.55 Å². The third kappa shape index (κ3) is 3.36. The molecule has 0 aliphatic heterocycles. The summed E-state index contributed by atoms with van der Waals surface area (Å²) in [6.07, 6.45) is 3.90. The highest BCUT2D eigenvalue weighted by Crippen LogP contribution is 2.23. The Morgan fingerprint density at radius 3 is 2.76 bits per heavy atom. The van der Waals surface area contributed by atoms with E-state index in [1.807, 2.05) is 13.8 Å². The number of aryl methyl sites for hydroxylation is 1. The Hall–Kier alpha value is -2.02. The summed E-state index contributed by atoms with van der Waals surface area (Å²) in [7, 11) is -3.76. The van der Waals surface area contributed by atoms with Gasteiger partial charge in [0.2, 0.25) is 0 Å². The summed E-state index contributed by atoms with van der Waals surface area (Å²) in [6.45, 7) is 5.75. The SMILES string of the molecule is CCC(C)n1cnc(S(=O)(=O)Nc2ccc(C)c(O)c2)c1. The van der Waals surface area contributed by atoms with Gasteiger partial charge in [0, 0.05) is 18.3 Å². The van der Waals surface area contributed by atoms with Crippen LogP contribution >= 0.6 is 0 Å². The van der Waals surface area contributed by atoms with Crippen molar-refractivity contribution in [3.63, 3.8) is 0 Å². The number of benzene rings is 1. The summed E-state index contributed by atoms with van der Waals surface area (Å²) in [5.41, 5.74) is 0.982. The van der Waals surface area contributed by atoms with Crippen LogP contribution in [0.5, 0.6) is 5.75 Å². The Morgan fingerprint density at radius 1 is 1.43 bits per heavy atom. The minimum atomic E-state index is -3.76. The molecule has 1 heterocycles. The molecule has 6 nitrogen and oxygen atoms in total. The largest absolute Gasteiger partial charge is 0.508 e. The molecule has 2 N–H and O–H groups in total. The monoisotopic (exact) mass is 309 g/mol. The van der Waals surface area contributed by atoms with Crippen LogP contribution in [0.15, 0.2) is 35.7 Å². The number of aromatic hydroxyl groups is 1. The molecule has 21 heavy (non-hydrogen) atoms. The second-order valence-corrected chi connectivity index (χ2v) is 6.65. The first-order valence-electron chi connectivity index (χ1n) is 6.69. The zero-order chi connectivity index (χ0) is 15.6. The van der Waals surface area contributed by atoms with E-state index in [9.17, 15) is 13.5 Å². The van der Waals surface area contributed by atoms with Gasteiger partial charge in [-0.2, -0.15) is 8.42 Å². The van der Waals surface area contributed by atoms with E-state index < -0.39 is 10.0 Å². The van der Waals surface area contributed by atoms with Crippen LogP contribution in [0.3, 0.4) is 0 Å². The van der Waals surface area contributed by atoms with Gasteiger partial charge in [-0.15, -0.1) is 0 Å². The standard InChI is InChI=1S/C14H19N3O3S/c1-4-11(3)17-8-14(15-9-17)21(19,20)16-12-6-5-10(2)13(18)7-12/h5-9,11,16,18H,4H2,1-3H3. The fourth-order valence-electron chi connectivity index (χ4n) is 1.79. The molecule has 2 aromatic rings. The molecule has 0 radical (unpaired) electrons. The van der Waals surface area contributed by atoms with E-state index in [-0.39, 0.29) is 16.8 Å². The van der Waals surface area contributed by atoms with E-state index in [0.717, 1.165) is 6.42 Å². The molecular formula is C14H19N3O3S. The maximum absolute atomic E-state index is 12.3. The zero-order valence-electron chi connectivity index (χ0n) is 12.2. The molecule has 0 saturated carbocycles. The summed E-state index contributed by atoms with van der Waals surface area (Å²) in [6, 6.07) is 4.80. The van der Waals surface area contributed by atoms with Crippen molar-refractivity contribution in [3.8, 4) is 5.75 Å². The highest BCUT2D eigenvalue weighted by Gasteiger charge is 2.19. The Morgan fingerprint density at radius 2 is 2.14 bits per heavy atom. The van der Waals surface area contributed by atoms with Gasteiger partial charge in [0.15, 0.2) is 5.03 Å². The van der Waals surface area contributed by atoms with Gasteiger partial charge in [-0.05, 0) is 31.9 Å². The Labute approximate surface area is 124 Å².